The van der Waals surface area contributed by atoms with E-state index < -0.39 is 5.83 Å². The summed E-state index contributed by atoms with van der Waals surface area (Å²) in [5.74, 6) is -0.829. The summed E-state index contributed by atoms with van der Waals surface area (Å²) in [6.45, 7) is 10.6. The molecule has 1 N–H and O–H groups in total. The highest BCUT2D eigenvalue weighted by Gasteiger charge is 2.13. The van der Waals surface area contributed by atoms with Gasteiger partial charge in [-0.15, -0.1) is 0 Å². The van der Waals surface area contributed by atoms with Crippen LogP contribution in [0.15, 0.2) is 71.3 Å². The summed E-state index contributed by atoms with van der Waals surface area (Å²) in [6.07, 6.45) is 1.42. The molecule has 0 aromatic heterocycles. The van der Waals surface area contributed by atoms with Crippen LogP contribution in [0.2, 0.25) is 0 Å². The van der Waals surface area contributed by atoms with Crippen molar-refractivity contribution < 1.29 is 18.3 Å². The van der Waals surface area contributed by atoms with Crippen LogP contribution in [0.3, 0.4) is 0 Å². The van der Waals surface area contributed by atoms with Crippen molar-refractivity contribution in [3.8, 4) is 0 Å². The molecule has 1 saturated heterocycles. The van der Waals surface area contributed by atoms with Gasteiger partial charge in [-0.1, -0.05) is 36.4 Å². The van der Waals surface area contributed by atoms with Crippen LogP contribution in [0, 0.1) is 5.82 Å². The monoisotopic (exact) mass is 496 g/mol. The number of nitrogens with one attached hydrogen (secondary N) is 1. The number of likely N-dealkylation sites (N-methyl/N-ethyl adjacent to an activating group) is 1. The zero-order valence-electron chi connectivity index (χ0n) is 21.0. The van der Waals surface area contributed by atoms with Crippen LogP contribution >= 0.6 is 0 Å². The third kappa shape index (κ3) is 8.70. The largest absolute Gasteiger partial charge is 0.476 e. The first-order valence-electron chi connectivity index (χ1n) is 12.0. The minimum Gasteiger partial charge on any atom is -0.476 e. The zero-order chi connectivity index (χ0) is 25.9. The standard InChI is InChI=1S/C28H34F2N4O2/c1-21(26(30)19-28(31-2)36-16-15-34-13-11-33(3)12-14-34)24-9-7-22(8-10-24)18-27(35)32-20-23-5-4-6-25(29)17-23/h4-10,17,19H,2,11-16,18,20H2,1,3H3,(H,32,35)/b26-21-,28-19+. The summed E-state index contributed by atoms with van der Waals surface area (Å²) in [5.41, 5.74) is 2.61. The molecule has 6 nitrogen and oxygen atoms in total. The Labute approximate surface area is 212 Å². The minimum absolute atomic E-state index is 0.146. The minimum atomic E-state index is -0.461. The maximum atomic E-state index is 14.9. The first-order chi connectivity index (χ1) is 17.3. The third-order valence-electron chi connectivity index (χ3n) is 6.15. The fourth-order valence-electron chi connectivity index (χ4n) is 3.81. The molecule has 1 aliphatic rings. The first-order valence-corrected chi connectivity index (χ1v) is 12.0. The van der Waals surface area contributed by atoms with Crippen LogP contribution in [0.1, 0.15) is 23.6 Å². The van der Waals surface area contributed by atoms with Crippen molar-refractivity contribution in [3.05, 3.63) is 88.8 Å². The van der Waals surface area contributed by atoms with Crippen LogP contribution in [0.4, 0.5) is 8.78 Å². The fourth-order valence-corrected chi connectivity index (χ4v) is 3.81. The lowest BCUT2D eigenvalue weighted by Crippen LogP contribution is -2.45. The summed E-state index contributed by atoms with van der Waals surface area (Å²) >= 11 is 0. The molecule has 8 heteroatoms. The van der Waals surface area contributed by atoms with Gasteiger partial charge in [0, 0.05) is 45.3 Å². The van der Waals surface area contributed by atoms with E-state index in [2.05, 4.69) is 33.9 Å². The average Bonchev–Trinajstić information content (AvgIpc) is 2.88. The number of benzene rings is 2. The van der Waals surface area contributed by atoms with Gasteiger partial charge >= 0.3 is 0 Å². The SMILES string of the molecule is C=N/C(=C\C(F)=C(/C)c1ccc(CC(=O)NCc2cccc(F)c2)cc1)OCCN1CCN(C)CC1. The van der Waals surface area contributed by atoms with E-state index >= 15 is 0 Å². The van der Waals surface area contributed by atoms with Gasteiger partial charge in [-0.25, -0.2) is 13.8 Å². The highest BCUT2D eigenvalue weighted by Crippen LogP contribution is 2.22. The van der Waals surface area contributed by atoms with E-state index in [1.165, 1.54) is 18.2 Å². The number of hydrogen-bond acceptors (Lipinski definition) is 5. The van der Waals surface area contributed by atoms with Crippen molar-refractivity contribution in [1.29, 1.82) is 0 Å². The lowest BCUT2D eigenvalue weighted by atomic mass is 10.0. The van der Waals surface area contributed by atoms with E-state index in [0.29, 0.717) is 23.3 Å². The molecular weight excluding hydrogens is 462 g/mol. The molecule has 0 atom stereocenters. The number of halogens is 2. The van der Waals surface area contributed by atoms with Crippen LogP contribution in [-0.4, -0.2) is 68.8 Å². The Bertz CT molecular complexity index is 1090. The molecule has 3 rings (SSSR count). The fraction of sp³-hybridized carbons (Fsp3) is 0.357. The van der Waals surface area contributed by atoms with E-state index in [9.17, 15) is 13.6 Å². The normalized spacial score (nSPS) is 15.8. The van der Waals surface area contributed by atoms with Crippen LogP contribution < -0.4 is 5.32 Å². The van der Waals surface area contributed by atoms with Gasteiger partial charge < -0.3 is 15.0 Å². The number of rotatable bonds is 11. The Balaban J connectivity index is 1.51. The van der Waals surface area contributed by atoms with Crippen molar-refractivity contribution in [3.63, 3.8) is 0 Å². The van der Waals surface area contributed by atoms with Crippen molar-refractivity contribution >= 4 is 18.2 Å². The lowest BCUT2D eigenvalue weighted by Gasteiger charge is -2.32. The number of amides is 1. The van der Waals surface area contributed by atoms with Gasteiger partial charge in [0.25, 0.3) is 0 Å². The summed E-state index contributed by atoms with van der Waals surface area (Å²) in [4.78, 5) is 20.6. The Morgan fingerprint density at radius 1 is 1.14 bits per heavy atom. The number of nitrogens with zero attached hydrogens (tertiary/aromatic N) is 3. The number of aliphatic imine (C=N–C) groups is 1. The molecule has 0 radical (unpaired) electrons. The lowest BCUT2D eigenvalue weighted by molar-refractivity contribution is -0.120. The van der Waals surface area contributed by atoms with Crippen molar-refractivity contribution in [2.24, 2.45) is 4.99 Å². The molecule has 0 aliphatic carbocycles. The van der Waals surface area contributed by atoms with E-state index in [1.807, 2.05) is 0 Å². The molecule has 1 aliphatic heterocycles. The second-order valence-corrected chi connectivity index (χ2v) is 8.89. The molecule has 2 aromatic rings. The molecule has 2 aromatic carbocycles. The predicted octanol–water partition coefficient (Wildman–Crippen LogP) is 4.19. The van der Waals surface area contributed by atoms with Crippen molar-refractivity contribution in [2.45, 2.75) is 19.9 Å². The number of allylic oxidation sites excluding steroid dienone is 3. The molecule has 36 heavy (non-hydrogen) atoms. The van der Waals surface area contributed by atoms with Crippen molar-refractivity contribution in [2.75, 3.05) is 46.4 Å². The van der Waals surface area contributed by atoms with Gasteiger partial charge in [0.2, 0.25) is 11.8 Å². The number of piperazine rings is 1. The van der Waals surface area contributed by atoms with Crippen LogP contribution in [-0.2, 0) is 22.5 Å². The Kier molecular flexibility index (Phi) is 10.3. The van der Waals surface area contributed by atoms with Gasteiger partial charge in [-0.3, -0.25) is 9.69 Å². The summed E-state index contributed by atoms with van der Waals surface area (Å²) < 4.78 is 33.8. The average molecular weight is 497 g/mol. The number of ether oxygens (including phenoxy) is 1. The highest BCUT2D eigenvalue weighted by molar-refractivity contribution is 5.78. The predicted molar refractivity (Wildman–Crippen MR) is 140 cm³/mol. The quantitative estimate of drug-likeness (QED) is 0.288. The topological polar surface area (TPSA) is 57.2 Å². The second kappa shape index (κ2) is 13.7. The first kappa shape index (κ1) is 27.2. The third-order valence-corrected chi connectivity index (χ3v) is 6.15. The molecule has 192 valence electrons. The number of hydrogen-bond donors (Lipinski definition) is 1. The second-order valence-electron chi connectivity index (χ2n) is 8.89. The summed E-state index contributed by atoms with van der Waals surface area (Å²) in [6, 6.07) is 13.2. The van der Waals surface area contributed by atoms with Crippen LogP contribution in [0.25, 0.3) is 5.57 Å². The van der Waals surface area contributed by atoms with E-state index in [4.69, 9.17) is 4.74 Å². The molecular formula is C28H34F2N4O2. The maximum Gasteiger partial charge on any atom is 0.224 e. The summed E-state index contributed by atoms with van der Waals surface area (Å²) in [7, 11) is 2.11. The number of carbonyl (C=O) groups is 1. The van der Waals surface area contributed by atoms with Gasteiger partial charge in [0.15, 0.2) is 0 Å². The Morgan fingerprint density at radius 3 is 2.53 bits per heavy atom. The molecule has 0 saturated carbocycles. The van der Waals surface area contributed by atoms with E-state index in [-0.39, 0.29) is 30.6 Å². The number of carbonyl (C=O) groups excluding carboxylic acids is 1. The molecule has 0 bridgehead atoms. The zero-order valence-corrected chi connectivity index (χ0v) is 21.0. The van der Waals surface area contributed by atoms with Crippen molar-refractivity contribution in [1.82, 2.24) is 15.1 Å². The maximum absolute atomic E-state index is 14.9. The Morgan fingerprint density at radius 2 is 1.86 bits per heavy atom. The smallest absolute Gasteiger partial charge is 0.224 e. The molecule has 1 heterocycles. The molecule has 0 spiro atoms. The highest BCUT2D eigenvalue weighted by atomic mass is 19.1. The van der Waals surface area contributed by atoms with Gasteiger partial charge in [-0.2, -0.15) is 0 Å². The Hall–Kier alpha value is -3.36. The van der Waals surface area contributed by atoms with E-state index in [0.717, 1.165) is 38.3 Å². The van der Waals surface area contributed by atoms with Gasteiger partial charge in [0.05, 0.1) is 6.42 Å². The van der Waals surface area contributed by atoms with Gasteiger partial charge in [0.1, 0.15) is 18.3 Å². The van der Waals surface area contributed by atoms with Gasteiger partial charge in [-0.05, 0) is 55.1 Å². The summed E-state index contributed by atoms with van der Waals surface area (Å²) in [5, 5.41) is 2.78. The molecule has 0 unspecified atom stereocenters. The molecule has 1 amide bonds. The van der Waals surface area contributed by atoms with Crippen LogP contribution in [0.5, 0.6) is 0 Å². The molecule has 1 fully saturated rings. The van der Waals surface area contributed by atoms with E-state index in [1.54, 1.807) is 43.3 Å².